The number of fused-ring (bicyclic) bond motifs is 1. The Hall–Kier alpha value is -1.68. The molecule has 10 aliphatic rings. The van der Waals surface area contributed by atoms with Crippen molar-refractivity contribution in [1.82, 2.24) is 0 Å². The van der Waals surface area contributed by atoms with Crippen molar-refractivity contribution in [2.24, 2.45) is 45.8 Å². The zero-order chi connectivity index (χ0) is 44.5. The van der Waals surface area contributed by atoms with Crippen molar-refractivity contribution in [3.63, 3.8) is 0 Å². The number of carbonyl (C=O) groups is 2. The smallest absolute Gasteiger partial charge is 0.404 e. The molecule has 0 spiro atoms. The molecule has 15 heteroatoms. The minimum atomic E-state index is -4.69. The van der Waals surface area contributed by atoms with Gasteiger partial charge in [-0.3, -0.25) is 9.59 Å². The third-order valence-corrected chi connectivity index (χ3v) is 16.5. The van der Waals surface area contributed by atoms with E-state index in [-0.39, 0.29) is 80.8 Å². The highest BCUT2D eigenvalue weighted by Crippen LogP contribution is 2.65. The average molecular weight is 965 g/mol. The number of halogens is 6. The first-order valence-electron chi connectivity index (χ1n) is 22.5. The van der Waals surface area contributed by atoms with E-state index < -0.39 is 71.6 Å². The number of hydrogen-bond acceptors (Lipinski definition) is 9. The average Bonchev–Trinajstić information content (AvgIpc) is 3.70. The quantitative estimate of drug-likeness (QED) is 0.163. The Morgan fingerprint density at radius 3 is 1.48 bits per heavy atom. The number of esters is 2. The molecule has 2 N–H and O–H groups in total. The summed E-state index contributed by atoms with van der Waals surface area (Å²) < 4.78 is 106. The first kappa shape index (κ1) is 64.3. The molecule has 0 aromatic heterocycles. The minimum Gasteiger partial charge on any atom is -0.458 e. The van der Waals surface area contributed by atoms with Gasteiger partial charge < -0.3 is 33.9 Å². The second-order valence-electron chi connectivity index (χ2n) is 21.3. The maximum absolute atomic E-state index is 13.4. The number of carbonyl (C=O) groups excluding carboxylic acids is 2. The van der Waals surface area contributed by atoms with Crippen LogP contribution in [0.15, 0.2) is 0 Å². The number of hydrogen-bond donors (Lipinski definition) is 2. The molecule has 0 aromatic rings. The van der Waals surface area contributed by atoms with Crippen LogP contribution < -0.4 is 0 Å². The molecule has 9 unspecified atom stereocenters. The first-order valence-corrected chi connectivity index (χ1v) is 22.5. The van der Waals surface area contributed by atoms with Gasteiger partial charge >= 0.3 is 24.3 Å². The van der Waals surface area contributed by atoms with Gasteiger partial charge in [0.1, 0.15) is 23.9 Å². The zero-order valence-corrected chi connectivity index (χ0v) is 36.8. The van der Waals surface area contributed by atoms with Crippen molar-refractivity contribution in [2.75, 3.05) is 13.2 Å². The summed E-state index contributed by atoms with van der Waals surface area (Å²) in [7, 11) is 0. The molecule has 2 saturated heterocycles. The van der Waals surface area contributed by atoms with Crippen LogP contribution >= 0.6 is 0 Å². The van der Waals surface area contributed by atoms with E-state index in [4.69, 9.17) is 23.7 Å². The monoisotopic (exact) mass is 965 g/mol. The molecule has 8 saturated carbocycles. The highest BCUT2D eigenvalue weighted by molar-refractivity contribution is 5.78. The maximum Gasteiger partial charge on any atom is 0.404 e. The van der Waals surface area contributed by atoms with Crippen molar-refractivity contribution in [3.05, 3.63) is 0 Å². The van der Waals surface area contributed by atoms with Gasteiger partial charge in [0.25, 0.3) is 0 Å². The summed E-state index contributed by atoms with van der Waals surface area (Å²) in [6.07, 6.45) is 1.77. The summed E-state index contributed by atoms with van der Waals surface area (Å²) in [5.41, 5.74) is -6.31. The molecule has 66 heavy (non-hydrogen) atoms. The van der Waals surface area contributed by atoms with Gasteiger partial charge in [-0.05, 0) is 154 Å². The van der Waals surface area contributed by atoms with Gasteiger partial charge in [0.15, 0.2) is 16.9 Å². The van der Waals surface area contributed by atoms with E-state index in [1.807, 2.05) is 13.8 Å². The van der Waals surface area contributed by atoms with E-state index in [0.29, 0.717) is 23.9 Å². The lowest BCUT2D eigenvalue weighted by molar-refractivity contribution is -0.249. The summed E-state index contributed by atoms with van der Waals surface area (Å²) >= 11 is 0. The van der Waals surface area contributed by atoms with Gasteiger partial charge in [-0.15, -0.1) is 0 Å². The molecule has 8 aliphatic carbocycles. The number of aliphatic hydroxyl groups excluding tert-OH is 1. The topological polar surface area (TPSA) is 121 Å². The number of rotatable bonds is 10. The van der Waals surface area contributed by atoms with Crippen LogP contribution in [0.5, 0.6) is 0 Å². The zero-order valence-electron chi connectivity index (χ0n) is 36.8. The molecule has 9 nitrogen and oxygen atoms in total. The summed E-state index contributed by atoms with van der Waals surface area (Å²) in [5.74, 6) is 0.994. The van der Waals surface area contributed by atoms with Gasteiger partial charge in [-0.2, -0.15) is 26.3 Å². The maximum atomic E-state index is 13.4. The summed E-state index contributed by atoms with van der Waals surface area (Å²) in [6.45, 7) is 12.4. The Labute approximate surface area is 395 Å². The second-order valence-corrected chi connectivity index (χ2v) is 21.3. The number of aliphatic hydroxyl groups is 2. The van der Waals surface area contributed by atoms with Crippen molar-refractivity contribution in [1.29, 1.82) is 0 Å². The summed E-state index contributed by atoms with van der Waals surface area (Å²) in [5, 5.41) is 20.1. The van der Waals surface area contributed by atoms with Gasteiger partial charge in [0.05, 0.1) is 30.5 Å². The lowest BCUT2D eigenvalue weighted by Crippen LogP contribution is -2.60. The highest BCUT2D eigenvalue weighted by atomic mass is 19.4. The lowest BCUT2D eigenvalue weighted by Gasteiger charge is -2.61. The van der Waals surface area contributed by atoms with Crippen LogP contribution in [0, 0.1) is 45.8 Å². The molecule has 394 valence electrons. The fourth-order valence-corrected chi connectivity index (χ4v) is 12.8. The van der Waals surface area contributed by atoms with E-state index >= 15 is 0 Å². The molecule has 10 rings (SSSR count). The normalized spacial score (nSPS) is 37.5. The fourth-order valence-electron chi connectivity index (χ4n) is 12.8. The Morgan fingerprint density at radius 2 is 1.08 bits per heavy atom. The fraction of sp³-hybridized carbons (Fsp3) is 0.961. The van der Waals surface area contributed by atoms with Crippen molar-refractivity contribution in [3.8, 4) is 0 Å². The van der Waals surface area contributed by atoms with E-state index in [1.54, 1.807) is 0 Å². The number of ether oxygens (including phenoxy) is 5. The van der Waals surface area contributed by atoms with Gasteiger partial charge in [-0.1, -0.05) is 65.3 Å². The van der Waals surface area contributed by atoms with E-state index in [0.717, 1.165) is 70.6 Å². The van der Waals surface area contributed by atoms with Crippen LogP contribution in [0.4, 0.5) is 26.3 Å². The molecule has 0 radical (unpaired) electrons. The van der Waals surface area contributed by atoms with Crippen LogP contribution in [-0.4, -0.2) is 95.0 Å². The summed E-state index contributed by atoms with van der Waals surface area (Å²) in [4.78, 5) is 24.4. The molecule has 0 amide bonds. The first-order chi connectivity index (χ1) is 27.7. The van der Waals surface area contributed by atoms with Gasteiger partial charge in [-0.25, -0.2) is 0 Å². The summed E-state index contributed by atoms with van der Waals surface area (Å²) in [6, 6.07) is 0. The molecule has 9 atom stereocenters. The minimum absolute atomic E-state index is 0. The Balaban J connectivity index is 0.000000933. The van der Waals surface area contributed by atoms with E-state index in [9.17, 15) is 46.1 Å². The Bertz CT molecular complexity index is 1500. The molecule has 2 heterocycles. The predicted molar refractivity (Wildman–Crippen MR) is 249 cm³/mol. The highest BCUT2D eigenvalue weighted by Gasteiger charge is 2.63. The van der Waals surface area contributed by atoms with Crippen molar-refractivity contribution in [2.45, 2.75) is 256 Å². The van der Waals surface area contributed by atoms with Crippen molar-refractivity contribution < 1.29 is 69.8 Å². The Morgan fingerprint density at radius 1 is 0.652 bits per heavy atom. The SMILES string of the molecule is C.C.C.C.C.C.CCC(C)(C(=O)OC(C)(C)C12CC3CC(CC(C3)C1)C2)C(F)(F)F.CCC(C)(C(=O)OC1COC2C(O)COC12)C(F)(F)F.CCC(C)OC12CC3CC(CC(O)(C3)C1)C2. The van der Waals surface area contributed by atoms with E-state index in [2.05, 4.69) is 13.8 Å². The van der Waals surface area contributed by atoms with Crippen LogP contribution in [0.3, 0.4) is 0 Å². The van der Waals surface area contributed by atoms with E-state index in [1.165, 1.54) is 52.4 Å². The molecular formula is C51H94F6O9. The molecule has 0 aromatic carbocycles. The van der Waals surface area contributed by atoms with Gasteiger partial charge in [0.2, 0.25) is 0 Å². The lowest BCUT2D eigenvalue weighted by atomic mass is 9.46. The second kappa shape index (κ2) is 22.6. The number of alkyl halides is 6. The van der Waals surface area contributed by atoms with Crippen LogP contribution in [0.1, 0.15) is 196 Å². The van der Waals surface area contributed by atoms with Crippen LogP contribution in [0.2, 0.25) is 0 Å². The van der Waals surface area contributed by atoms with Crippen LogP contribution in [0.25, 0.3) is 0 Å². The van der Waals surface area contributed by atoms with Gasteiger partial charge in [0, 0.05) is 11.8 Å². The molecule has 2 aliphatic heterocycles. The Kier molecular flexibility index (Phi) is 22.0. The molecular weight excluding hydrogens is 871 g/mol. The third kappa shape index (κ3) is 12.2. The largest absolute Gasteiger partial charge is 0.458 e. The van der Waals surface area contributed by atoms with Crippen LogP contribution in [-0.2, 0) is 33.3 Å². The predicted octanol–water partition coefficient (Wildman–Crippen LogP) is 13.2. The van der Waals surface area contributed by atoms with Crippen molar-refractivity contribution >= 4 is 11.9 Å². The molecule has 8 bridgehead atoms. The third-order valence-electron chi connectivity index (χ3n) is 16.5. The molecule has 10 fully saturated rings. The standard InChI is InChI=1S/C19H29F3O2.C14H24O2.C12H17F3O5.6CH4/c1-5-17(4,19(20,21)22)15(23)24-16(2,3)18-9-12-6-13(10-18)8-14(7-12)11-18;1-3-10(2)16-14-7-11-4-12(8-14)6-13(15,5-11)9-14;1-3-11(2,12(13,14)15)10(17)20-7-5-19-8-6(16)4-18-9(7)8;;;;;;/h12-14H,5-11H2,1-4H3;10-12,15H,3-9H2,1-2H3;6-9,16H,3-5H2,1-2H3;6*1H4.